The molecule has 0 heterocycles. The fourth-order valence-corrected chi connectivity index (χ4v) is 1.88. The molecule has 1 unspecified atom stereocenters. The molecule has 0 radical (unpaired) electrons. The topological polar surface area (TPSA) is 75.4 Å². The van der Waals surface area contributed by atoms with Crippen LogP contribution in [0.15, 0.2) is 48.5 Å². The van der Waals surface area contributed by atoms with Gasteiger partial charge in [-0.15, -0.1) is 0 Å². The maximum atomic E-state index is 12.0. The first kappa shape index (κ1) is 14.1. The van der Waals surface area contributed by atoms with Gasteiger partial charge < -0.3 is 16.2 Å². The van der Waals surface area contributed by atoms with Crippen LogP contribution in [0.2, 0.25) is 0 Å². The summed E-state index contributed by atoms with van der Waals surface area (Å²) in [6.45, 7) is 2.23. The molecule has 104 valence electrons. The number of aromatic hydroxyl groups is 1. The average molecular weight is 270 g/mol. The first-order valence-electron chi connectivity index (χ1n) is 6.44. The third-order valence-electron chi connectivity index (χ3n) is 3.16. The van der Waals surface area contributed by atoms with E-state index in [0.717, 1.165) is 11.1 Å². The van der Waals surface area contributed by atoms with Crippen LogP contribution < -0.4 is 11.1 Å². The van der Waals surface area contributed by atoms with E-state index in [2.05, 4.69) is 5.32 Å². The molecule has 0 saturated heterocycles. The van der Waals surface area contributed by atoms with Crippen molar-refractivity contribution in [2.75, 3.05) is 0 Å². The smallest absolute Gasteiger partial charge is 0.241 e. The van der Waals surface area contributed by atoms with Crippen LogP contribution in [0.5, 0.6) is 5.75 Å². The van der Waals surface area contributed by atoms with Crippen molar-refractivity contribution in [3.8, 4) is 5.75 Å². The normalized spacial score (nSPS) is 11.9. The van der Waals surface area contributed by atoms with Gasteiger partial charge in [0, 0.05) is 12.1 Å². The fraction of sp³-hybridized carbons (Fsp3) is 0.188. The summed E-state index contributed by atoms with van der Waals surface area (Å²) in [4.78, 5) is 12.0. The van der Waals surface area contributed by atoms with Crippen LogP contribution in [0.1, 0.15) is 22.7 Å². The zero-order valence-electron chi connectivity index (χ0n) is 11.3. The molecule has 0 spiro atoms. The fourth-order valence-electron chi connectivity index (χ4n) is 1.88. The third-order valence-corrected chi connectivity index (χ3v) is 3.16. The summed E-state index contributed by atoms with van der Waals surface area (Å²) in [5.41, 5.74) is 8.47. The molecule has 0 aromatic heterocycles. The predicted molar refractivity (Wildman–Crippen MR) is 78.1 cm³/mol. The van der Waals surface area contributed by atoms with Crippen molar-refractivity contribution >= 4 is 5.91 Å². The van der Waals surface area contributed by atoms with E-state index in [-0.39, 0.29) is 18.2 Å². The number of nitrogens with two attached hydrogens (primary N) is 1. The summed E-state index contributed by atoms with van der Waals surface area (Å²) in [6, 6.07) is 13.7. The largest absolute Gasteiger partial charge is 0.508 e. The van der Waals surface area contributed by atoms with Gasteiger partial charge in [0.15, 0.2) is 0 Å². The molecule has 1 amide bonds. The Morgan fingerprint density at radius 3 is 2.50 bits per heavy atom. The van der Waals surface area contributed by atoms with E-state index in [1.54, 1.807) is 24.3 Å². The van der Waals surface area contributed by atoms with Crippen LogP contribution in [0.3, 0.4) is 0 Å². The molecule has 2 aromatic rings. The van der Waals surface area contributed by atoms with Crippen LogP contribution in [0, 0.1) is 6.92 Å². The Morgan fingerprint density at radius 1 is 1.20 bits per heavy atom. The van der Waals surface area contributed by atoms with E-state index in [0.29, 0.717) is 5.56 Å². The van der Waals surface area contributed by atoms with Gasteiger partial charge in [-0.3, -0.25) is 4.79 Å². The average Bonchev–Trinajstić information content (AvgIpc) is 2.46. The third kappa shape index (κ3) is 3.36. The number of hydrogen-bond acceptors (Lipinski definition) is 3. The van der Waals surface area contributed by atoms with Gasteiger partial charge in [-0.2, -0.15) is 0 Å². The van der Waals surface area contributed by atoms with Crippen molar-refractivity contribution in [1.82, 2.24) is 5.32 Å². The molecule has 0 aliphatic carbocycles. The molecule has 0 fully saturated rings. The molecule has 1 atom stereocenters. The summed E-state index contributed by atoms with van der Waals surface area (Å²) in [5, 5.41) is 12.4. The number of phenolic OH excluding ortho intramolecular Hbond substituents is 1. The van der Waals surface area contributed by atoms with Crippen molar-refractivity contribution < 1.29 is 9.90 Å². The van der Waals surface area contributed by atoms with Crippen LogP contribution in [-0.4, -0.2) is 11.0 Å². The zero-order chi connectivity index (χ0) is 14.5. The van der Waals surface area contributed by atoms with Crippen LogP contribution in [0.25, 0.3) is 0 Å². The molecule has 4 heteroatoms. The highest BCUT2D eigenvalue weighted by Gasteiger charge is 2.15. The van der Waals surface area contributed by atoms with Crippen LogP contribution >= 0.6 is 0 Å². The van der Waals surface area contributed by atoms with Crippen molar-refractivity contribution in [2.24, 2.45) is 5.73 Å². The molecular weight excluding hydrogens is 252 g/mol. The SMILES string of the molecule is Cc1ccc(C(N)C(=O)NCc2ccccc2O)cc1. The number of carbonyl (C=O) groups is 1. The summed E-state index contributed by atoms with van der Waals surface area (Å²) in [6.07, 6.45) is 0. The van der Waals surface area contributed by atoms with E-state index in [4.69, 9.17) is 5.73 Å². The lowest BCUT2D eigenvalue weighted by molar-refractivity contribution is -0.122. The van der Waals surface area contributed by atoms with Gasteiger partial charge in [0.05, 0.1) is 0 Å². The van der Waals surface area contributed by atoms with E-state index < -0.39 is 6.04 Å². The standard InChI is InChI=1S/C16H18N2O2/c1-11-6-8-12(9-7-11)15(17)16(20)18-10-13-4-2-3-5-14(13)19/h2-9,15,19H,10,17H2,1H3,(H,18,20). The highest BCUT2D eigenvalue weighted by Crippen LogP contribution is 2.16. The van der Waals surface area contributed by atoms with Crippen molar-refractivity contribution in [2.45, 2.75) is 19.5 Å². The number of nitrogens with one attached hydrogen (secondary N) is 1. The summed E-state index contributed by atoms with van der Waals surface area (Å²) >= 11 is 0. The number of rotatable bonds is 4. The van der Waals surface area contributed by atoms with Crippen LogP contribution in [-0.2, 0) is 11.3 Å². The van der Waals surface area contributed by atoms with Gasteiger partial charge in [-0.25, -0.2) is 0 Å². The first-order chi connectivity index (χ1) is 9.58. The molecule has 0 aliphatic rings. The van der Waals surface area contributed by atoms with Crippen molar-refractivity contribution in [1.29, 1.82) is 0 Å². The number of para-hydroxylation sites is 1. The Labute approximate surface area is 118 Å². The summed E-state index contributed by atoms with van der Waals surface area (Å²) < 4.78 is 0. The molecule has 4 N–H and O–H groups in total. The lowest BCUT2D eigenvalue weighted by atomic mass is 10.1. The second-order valence-corrected chi connectivity index (χ2v) is 4.73. The molecular formula is C16H18N2O2. The number of phenols is 1. The number of hydrogen-bond donors (Lipinski definition) is 3. The van der Waals surface area contributed by atoms with Gasteiger partial charge in [-0.05, 0) is 18.6 Å². The maximum absolute atomic E-state index is 12.0. The Bertz CT molecular complexity index is 594. The monoisotopic (exact) mass is 270 g/mol. The van der Waals surface area contributed by atoms with Gasteiger partial charge in [0.1, 0.15) is 11.8 Å². The van der Waals surface area contributed by atoms with E-state index in [1.807, 2.05) is 31.2 Å². The predicted octanol–water partition coefficient (Wildman–Crippen LogP) is 2.02. The molecule has 2 rings (SSSR count). The molecule has 0 aliphatic heterocycles. The van der Waals surface area contributed by atoms with Gasteiger partial charge in [-0.1, -0.05) is 48.0 Å². The second-order valence-electron chi connectivity index (χ2n) is 4.73. The molecule has 4 nitrogen and oxygen atoms in total. The van der Waals surface area contributed by atoms with E-state index in [1.165, 1.54) is 0 Å². The number of carbonyl (C=O) groups excluding carboxylic acids is 1. The summed E-state index contributed by atoms with van der Waals surface area (Å²) in [5.74, 6) is -0.103. The minimum atomic E-state index is -0.707. The maximum Gasteiger partial charge on any atom is 0.241 e. The molecule has 0 bridgehead atoms. The summed E-state index contributed by atoms with van der Waals surface area (Å²) in [7, 11) is 0. The molecule has 0 saturated carbocycles. The van der Waals surface area contributed by atoms with Crippen molar-refractivity contribution in [3.05, 3.63) is 65.2 Å². The Hall–Kier alpha value is -2.33. The first-order valence-corrected chi connectivity index (χ1v) is 6.44. The van der Waals surface area contributed by atoms with Gasteiger partial charge in [0.25, 0.3) is 0 Å². The van der Waals surface area contributed by atoms with Crippen molar-refractivity contribution in [3.63, 3.8) is 0 Å². The highest BCUT2D eigenvalue weighted by molar-refractivity contribution is 5.82. The Kier molecular flexibility index (Phi) is 4.38. The quantitative estimate of drug-likeness (QED) is 0.795. The Morgan fingerprint density at radius 2 is 1.85 bits per heavy atom. The number of benzene rings is 2. The van der Waals surface area contributed by atoms with Gasteiger partial charge >= 0.3 is 0 Å². The van der Waals surface area contributed by atoms with Crippen LogP contribution in [0.4, 0.5) is 0 Å². The number of aryl methyl sites for hydroxylation is 1. The van der Waals surface area contributed by atoms with E-state index >= 15 is 0 Å². The Balaban J connectivity index is 1.98. The molecule has 2 aromatic carbocycles. The minimum absolute atomic E-state index is 0.164. The number of amides is 1. The lowest BCUT2D eigenvalue weighted by Gasteiger charge is -2.13. The van der Waals surface area contributed by atoms with Gasteiger partial charge in [0.2, 0.25) is 5.91 Å². The highest BCUT2D eigenvalue weighted by atomic mass is 16.3. The lowest BCUT2D eigenvalue weighted by Crippen LogP contribution is -2.33. The molecule has 20 heavy (non-hydrogen) atoms. The second kappa shape index (κ2) is 6.21. The zero-order valence-corrected chi connectivity index (χ0v) is 11.3. The van der Waals surface area contributed by atoms with E-state index in [9.17, 15) is 9.90 Å². The minimum Gasteiger partial charge on any atom is -0.508 e.